The first-order valence-corrected chi connectivity index (χ1v) is 9.86. The molecule has 3 aromatic rings. The molecule has 3 rings (SSSR count). The molecular formula is C23H19F4N3O4. The van der Waals surface area contributed by atoms with Crippen molar-refractivity contribution in [2.24, 2.45) is 5.73 Å². The molecule has 0 radical (unpaired) electrons. The summed E-state index contributed by atoms with van der Waals surface area (Å²) in [5.41, 5.74) is 3.82. The highest BCUT2D eigenvalue weighted by molar-refractivity contribution is 6.06. The third-order valence-corrected chi connectivity index (χ3v) is 4.32. The maximum atomic E-state index is 14.3. The predicted molar refractivity (Wildman–Crippen MR) is 114 cm³/mol. The fourth-order valence-electron chi connectivity index (χ4n) is 2.83. The van der Waals surface area contributed by atoms with E-state index in [0.717, 1.165) is 12.1 Å². The summed E-state index contributed by atoms with van der Waals surface area (Å²) < 4.78 is 64.9. The lowest BCUT2D eigenvalue weighted by atomic mass is 10.1. The topological polar surface area (TPSA) is 104 Å². The number of amides is 2. The van der Waals surface area contributed by atoms with Gasteiger partial charge < -0.3 is 20.5 Å². The van der Waals surface area contributed by atoms with Crippen molar-refractivity contribution >= 4 is 17.5 Å². The molecule has 1 aromatic heterocycles. The van der Waals surface area contributed by atoms with Crippen molar-refractivity contribution in [2.45, 2.75) is 26.1 Å². The fraction of sp³-hybridized carbons (Fsp3) is 0.174. The van der Waals surface area contributed by atoms with Gasteiger partial charge in [0.15, 0.2) is 11.6 Å². The molecule has 0 spiro atoms. The number of primary amides is 1. The van der Waals surface area contributed by atoms with E-state index in [0.29, 0.717) is 12.1 Å². The third-order valence-electron chi connectivity index (χ3n) is 4.32. The van der Waals surface area contributed by atoms with Crippen molar-refractivity contribution in [3.63, 3.8) is 0 Å². The molecule has 0 aliphatic carbocycles. The Kier molecular flexibility index (Phi) is 7.04. The smallest absolute Gasteiger partial charge is 0.416 e. The van der Waals surface area contributed by atoms with Crippen LogP contribution in [-0.2, 0) is 6.18 Å². The number of benzene rings is 2. The average Bonchev–Trinajstić information content (AvgIpc) is 2.75. The second-order valence-electron chi connectivity index (χ2n) is 7.32. The molecule has 3 N–H and O–H groups in total. The SMILES string of the molecule is CC(C)Oc1ccc(Oc2cc(C(F)(F)F)ccc2C(=O)Nc2ccnc(C(N)=O)c2)cc1F. The van der Waals surface area contributed by atoms with E-state index in [4.69, 9.17) is 15.2 Å². The quantitative estimate of drug-likeness (QED) is 0.457. The van der Waals surface area contributed by atoms with E-state index in [1.54, 1.807) is 13.8 Å². The van der Waals surface area contributed by atoms with Crippen LogP contribution in [0.1, 0.15) is 40.3 Å². The summed E-state index contributed by atoms with van der Waals surface area (Å²) in [5, 5.41) is 2.44. The molecule has 1 heterocycles. The Morgan fingerprint density at radius 1 is 1.03 bits per heavy atom. The second kappa shape index (κ2) is 9.77. The van der Waals surface area contributed by atoms with Crippen molar-refractivity contribution < 1.29 is 36.6 Å². The Labute approximate surface area is 191 Å². The molecule has 2 aromatic carbocycles. The van der Waals surface area contributed by atoms with Gasteiger partial charge in [0.1, 0.15) is 17.2 Å². The van der Waals surface area contributed by atoms with E-state index in [1.807, 2.05) is 0 Å². The summed E-state index contributed by atoms with van der Waals surface area (Å²) in [6.07, 6.45) is -3.79. The number of aromatic nitrogens is 1. The molecule has 0 unspecified atom stereocenters. The van der Waals surface area contributed by atoms with Gasteiger partial charge in [-0.3, -0.25) is 14.6 Å². The van der Waals surface area contributed by atoms with Crippen LogP contribution in [0.3, 0.4) is 0 Å². The van der Waals surface area contributed by atoms with Gasteiger partial charge in [-0.1, -0.05) is 0 Å². The van der Waals surface area contributed by atoms with Gasteiger partial charge in [-0.15, -0.1) is 0 Å². The van der Waals surface area contributed by atoms with Gasteiger partial charge in [-0.2, -0.15) is 13.2 Å². The zero-order valence-corrected chi connectivity index (χ0v) is 17.9. The molecule has 0 fully saturated rings. The maximum Gasteiger partial charge on any atom is 0.416 e. The summed E-state index contributed by atoms with van der Waals surface area (Å²) in [5.74, 6) is -3.14. The number of carbonyl (C=O) groups excluding carboxylic acids is 2. The molecular weight excluding hydrogens is 458 g/mol. The van der Waals surface area contributed by atoms with Crippen molar-refractivity contribution in [3.05, 3.63) is 77.4 Å². The van der Waals surface area contributed by atoms with Gasteiger partial charge in [0.25, 0.3) is 11.8 Å². The van der Waals surface area contributed by atoms with Crippen molar-refractivity contribution in [3.8, 4) is 17.2 Å². The van der Waals surface area contributed by atoms with E-state index in [1.165, 1.54) is 30.5 Å². The first-order chi connectivity index (χ1) is 15.9. The van der Waals surface area contributed by atoms with E-state index in [-0.39, 0.29) is 34.5 Å². The Morgan fingerprint density at radius 3 is 2.38 bits per heavy atom. The van der Waals surface area contributed by atoms with E-state index >= 15 is 0 Å². The average molecular weight is 477 g/mol. The number of hydrogen-bond donors (Lipinski definition) is 2. The van der Waals surface area contributed by atoms with Crippen LogP contribution in [0.4, 0.5) is 23.2 Å². The van der Waals surface area contributed by atoms with Crippen LogP contribution in [0.15, 0.2) is 54.7 Å². The molecule has 0 bridgehead atoms. The monoisotopic (exact) mass is 477 g/mol. The largest absolute Gasteiger partial charge is 0.488 e. The highest BCUT2D eigenvalue weighted by Gasteiger charge is 2.32. The number of halogens is 4. The number of nitrogens with zero attached hydrogens (tertiary/aromatic N) is 1. The normalized spacial score (nSPS) is 11.3. The second-order valence-corrected chi connectivity index (χ2v) is 7.32. The first kappa shape index (κ1) is 24.5. The Balaban J connectivity index is 1.95. The Hall–Kier alpha value is -4.15. The number of rotatable bonds is 7. The minimum absolute atomic E-state index is 0.0627. The molecule has 178 valence electrons. The Bertz CT molecular complexity index is 1230. The molecule has 7 nitrogen and oxygen atoms in total. The molecule has 0 saturated heterocycles. The van der Waals surface area contributed by atoms with Crippen LogP contribution >= 0.6 is 0 Å². The maximum absolute atomic E-state index is 14.3. The van der Waals surface area contributed by atoms with Crippen molar-refractivity contribution in [1.29, 1.82) is 0 Å². The number of pyridine rings is 1. The summed E-state index contributed by atoms with van der Waals surface area (Å²) in [4.78, 5) is 27.8. The minimum Gasteiger partial charge on any atom is -0.488 e. The third kappa shape index (κ3) is 6.00. The highest BCUT2D eigenvalue weighted by atomic mass is 19.4. The van der Waals surface area contributed by atoms with Crippen LogP contribution in [0, 0.1) is 5.82 Å². The zero-order chi connectivity index (χ0) is 25.0. The number of ether oxygens (including phenoxy) is 2. The molecule has 0 aliphatic heterocycles. The van der Waals surface area contributed by atoms with Gasteiger partial charge in [-0.05, 0) is 56.3 Å². The number of carbonyl (C=O) groups is 2. The van der Waals surface area contributed by atoms with Crippen LogP contribution < -0.4 is 20.5 Å². The fourth-order valence-corrected chi connectivity index (χ4v) is 2.83. The predicted octanol–water partition coefficient (Wildman–Crippen LogP) is 5.17. The standard InChI is InChI=1S/C23H19F4N3O4/c1-12(2)33-19-6-4-15(11-17(19)24)34-20-9-13(23(25,26)27)3-5-16(20)22(32)30-14-7-8-29-18(10-14)21(28)31/h3-12H,1-2H3,(H2,28,31)(H,29,30,32). The summed E-state index contributed by atoms with van der Waals surface area (Å²) in [6.45, 7) is 3.40. The number of hydrogen-bond acceptors (Lipinski definition) is 5. The van der Waals surface area contributed by atoms with Gasteiger partial charge in [0.2, 0.25) is 0 Å². The van der Waals surface area contributed by atoms with E-state index < -0.39 is 35.1 Å². The minimum atomic E-state index is -4.71. The summed E-state index contributed by atoms with van der Waals surface area (Å²) in [6, 6.07) is 8.32. The lowest BCUT2D eigenvalue weighted by Gasteiger charge is -2.16. The first-order valence-electron chi connectivity index (χ1n) is 9.86. The van der Waals surface area contributed by atoms with Gasteiger partial charge in [-0.25, -0.2) is 4.39 Å². The van der Waals surface area contributed by atoms with Crippen molar-refractivity contribution in [1.82, 2.24) is 4.98 Å². The molecule has 11 heteroatoms. The highest BCUT2D eigenvalue weighted by Crippen LogP contribution is 2.36. The zero-order valence-electron chi connectivity index (χ0n) is 17.9. The molecule has 0 saturated carbocycles. The number of alkyl halides is 3. The lowest BCUT2D eigenvalue weighted by Crippen LogP contribution is -2.16. The van der Waals surface area contributed by atoms with Crippen molar-refractivity contribution in [2.75, 3.05) is 5.32 Å². The Morgan fingerprint density at radius 2 is 1.76 bits per heavy atom. The van der Waals surface area contributed by atoms with E-state index in [9.17, 15) is 27.2 Å². The van der Waals surface area contributed by atoms with Crippen LogP contribution in [0.5, 0.6) is 17.2 Å². The molecule has 0 atom stereocenters. The van der Waals surface area contributed by atoms with Gasteiger partial charge in [0, 0.05) is 18.0 Å². The molecule has 34 heavy (non-hydrogen) atoms. The molecule has 2 amide bonds. The van der Waals surface area contributed by atoms with Crippen LogP contribution in [0.2, 0.25) is 0 Å². The number of nitrogens with two attached hydrogens (primary N) is 1. The number of nitrogens with one attached hydrogen (secondary N) is 1. The molecule has 0 aliphatic rings. The summed E-state index contributed by atoms with van der Waals surface area (Å²) in [7, 11) is 0. The van der Waals surface area contributed by atoms with Crippen LogP contribution in [-0.4, -0.2) is 22.9 Å². The van der Waals surface area contributed by atoms with Gasteiger partial charge >= 0.3 is 6.18 Å². The lowest BCUT2D eigenvalue weighted by molar-refractivity contribution is -0.137. The van der Waals surface area contributed by atoms with E-state index in [2.05, 4.69) is 10.3 Å². The van der Waals surface area contributed by atoms with Crippen LogP contribution in [0.25, 0.3) is 0 Å². The number of anilines is 1. The van der Waals surface area contributed by atoms with Gasteiger partial charge in [0.05, 0.1) is 17.2 Å². The summed E-state index contributed by atoms with van der Waals surface area (Å²) >= 11 is 0.